The standard InChI is InChI=1S/C23H20N2O3S/c24-15-21-23(19-9-5-2-6-10-19)22(16-26)25(21)29(27,28)20-13-11-18(12-14-20)17-7-3-1-4-8-17/h1-14,21-23,26H,16H2/t21-,22-,23-/m1/s1. The van der Waals surface area contributed by atoms with Gasteiger partial charge < -0.3 is 5.11 Å². The first-order valence-corrected chi connectivity index (χ1v) is 10.8. The molecular formula is C23H20N2O3S. The largest absolute Gasteiger partial charge is 0.395 e. The van der Waals surface area contributed by atoms with E-state index in [1.54, 1.807) is 24.3 Å². The third-order valence-corrected chi connectivity index (χ3v) is 7.32. The van der Waals surface area contributed by atoms with Crippen LogP contribution in [0.4, 0.5) is 0 Å². The third-order valence-electron chi connectivity index (χ3n) is 5.40. The smallest absolute Gasteiger partial charge is 0.244 e. The molecule has 1 aliphatic heterocycles. The number of sulfonamides is 1. The van der Waals surface area contributed by atoms with E-state index in [2.05, 4.69) is 6.07 Å². The predicted molar refractivity (Wildman–Crippen MR) is 110 cm³/mol. The summed E-state index contributed by atoms with van der Waals surface area (Å²) in [5, 5.41) is 19.6. The van der Waals surface area contributed by atoms with Gasteiger partial charge >= 0.3 is 0 Å². The second-order valence-electron chi connectivity index (χ2n) is 6.99. The number of nitriles is 1. The van der Waals surface area contributed by atoms with Crippen LogP contribution in [0.2, 0.25) is 0 Å². The maximum atomic E-state index is 13.2. The van der Waals surface area contributed by atoms with E-state index in [1.807, 2.05) is 60.7 Å². The Kier molecular flexibility index (Phi) is 5.20. The molecule has 0 bridgehead atoms. The molecule has 0 radical (unpaired) electrons. The highest BCUT2D eigenvalue weighted by Crippen LogP contribution is 2.43. The molecule has 0 spiro atoms. The Morgan fingerprint density at radius 3 is 1.97 bits per heavy atom. The van der Waals surface area contributed by atoms with Gasteiger partial charge in [0.2, 0.25) is 10.0 Å². The van der Waals surface area contributed by atoms with Crippen molar-refractivity contribution in [2.75, 3.05) is 6.61 Å². The fourth-order valence-electron chi connectivity index (χ4n) is 3.94. The van der Waals surface area contributed by atoms with Crippen molar-refractivity contribution in [2.24, 2.45) is 0 Å². The highest BCUT2D eigenvalue weighted by molar-refractivity contribution is 7.89. The molecule has 1 N–H and O–H groups in total. The molecule has 29 heavy (non-hydrogen) atoms. The van der Waals surface area contributed by atoms with Crippen LogP contribution in [0.15, 0.2) is 89.8 Å². The van der Waals surface area contributed by atoms with Crippen molar-refractivity contribution in [1.29, 1.82) is 5.26 Å². The Balaban J connectivity index is 1.65. The highest BCUT2D eigenvalue weighted by Gasteiger charge is 2.55. The zero-order valence-electron chi connectivity index (χ0n) is 15.6. The van der Waals surface area contributed by atoms with Crippen molar-refractivity contribution in [3.63, 3.8) is 0 Å². The van der Waals surface area contributed by atoms with E-state index in [1.165, 1.54) is 0 Å². The zero-order chi connectivity index (χ0) is 20.4. The van der Waals surface area contributed by atoms with Crippen molar-refractivity contribution in [1.82, 2.24) is 4.31 Å². The summed E-state index contributed by atoms with van der Waals surface area (Å²) in [6.07, 6.45) is 0. The minimum Gasteiger partial charge on any atom is -0.395 e. The summed E-state index contributed by atoms with van der Waals surface area (Å²) in [5.74, 6) is -0.357. The molecule has 1 saturated heterocycles. The quantitative estimate of drug-likeness (QED) is 0.707. The average Bonchev–Trinajstić information content (AvgIpc) is 2.75. The van der Waals surface area contributed by atoms with Crippen molar-refractivity contribution in [2.45, 2.75) is 22.9 Å². The molecule has 0 unspecified atom stereocenters. The lowest BCUT2D eigenvalue weighted by Gasteiger charge is -2.50. The first kappa shape index (κ1) is 19.3. The molecule has 5 nitrogen and oxygen atoms in total. The molecule has 0 amide bonds. The lowest BCUT2D eigenvalue weighted by Crippen LogP contribution is -2.64. The van der Waals surface area contributed by atoms with Crippen LogP contribution >= 0.6 is 0 Å². The van der Waals surface area contributed by atoms with Gasteiger partial charge in [-0.3, -0.25) is 0 Å². The van der Waals surface area contributed by atoms with E-state index >= 15 is 0 Å². The molecule has 3 aromatic carbocycles. The van der Waals surface area contributed by atoms with Crippen molar-refractivity contribution >= 4 is 10.0 Å². The van der Waals surface area contributed by atoms with Crippen LogP contribution in [0.1, 0.15) is 11.5 Å². The van der Waals surface area contributed by atoms with Crippen molar-refractivity contribution < 1.29 is 13.5 Å². The second kappa shape index (κ2) is 7.80. The lowest BCUT2D eigenvalue weighted by atomic mass is 9.78. The molecule has 146 valence electrons. The number of rotatable bonds is 5. The highest BCUT2D eigenvalue weighted by atomic mass is 32.2. The molecule has 4 rings (SSSR count). The van der Waals surface area contributed by atoms with E-state index in [4.69, 9.17) is 0 Å². The Morgan fingerprint density at radius 2 is 1.41 bits per heavy atom. The summed E-state index contributed by atoms with van der Waals surface area (Å²) in [7, 11) is -3.91. The van der Waals surface area contributed by atoms with Gasteiger partial charge in [-0.15, -0.1) is 0 Å². The van der Waals surface area contributed by atoms with E-state index < -0.39 is 22.1 Å². The first-order chi connectivity index (χ1) is 14.1. The zero-order valence-corrected chi connectivity index (χ0v) is 16.4. The maximum absolute atomic E-state index is 13.2. The molecule has 3 aromatic rings. The summed E-state index contributed by atoms with van der Waals surface area (Å²) < 4.78 is 27.6. The fraction of sp³-hybridized carbons (Fsp3) is 0.174. The second-order valence-corrected chi connectivity index (χ2v) is 8.83. The van der Waals surface area contributed by atoms with Crippen LogP contribution in [-0.4, -0.2) is 36.5 Å². The van der Waals surface area contributed by atoms with Gasteiger partial charge in [0.1, 0.15) is 6.04 Å². The Bertz CT molecular complexity index is 1120. The van der Waals surface area contributed by atoms with Crippen LogP contribution in [-0.2, 0) is 10.0 Å². The molecule has 6 heteroatoms. The van der Waals surface area contributed by atoms with Crippen LogP contribution in [0.5, 0.6) is 0 Å². The minimum absolute atomic E-state index is 0.113. The summed E-state index contributed by atoms with van der Waals surface area (Å²) in [6.45, 7) is -0.348. The van der Waals surface area contributed by atoms with Gasteiger partial charge in [-0.05, 0) is 28.8 Å². The summed E-state index contributed by atoms with van der Waals surface area (Å²) in [4.78, 5) is 0.113. The SMILES string of the molecule is N#C[C@@H]1[C@@H](c2ccccc2)[C@@H](CO)N1S(=O)(=O)c1ccc(-c2ccccc2)cc1. The number of hydrogen-bond acceptors (Lipinski definition) is 4. The molecule has 0 aromatic heterocycles. The van der Waals surface area contributed by atoms with Gasteiger partial charge in [-0.1, -0.05) is 72.8 Å². The molecule has 3 atom stereocenters. The third kappa shape index (κ3) is 3.34. The number of benzene rings is 3. The summed E-state index contributed by atoms with van der Waals surface area (Å²) in [5.41, 5.74) is 2.75. The maximum Gasteiger partial charge on any atom is 0.244 e. The Morgan fingerprint density at radius 1 is 0.862 bits per heavy atom. The van der Waals surface area contributed by atoms with E-state index in [9.17, 15) is 18.8 Å². The van der Waals surface area contributed by atoms with Crippen LogP contribution < -0.4 is 0 Å². The number of nitrogens with zero attached hydrogens (tertiary/aromatic N) is 2. The van der Waals surface area contributed by atoms with Gasteiger partial charge in [0.05, 0.1) is 23.6 Å². The number of aliphatic hydroxyl groups excluding tert-OH is 1. The molecule has 1 fully saturated rings. The number of aliphatic hydroxyl groups is 1. The minimum atomic E-state index is -3.91. The van der Waals surface area contributed by atoms with Gasteiger partial charge in [0, 0.05) is 5.92 Å². The van der Waals surface area contributed by atoms with Gasteiger partial charge in [-0.2, -0.15) is 9.57 Å². The number of hydrogen-bond donors (Lipinski definition) is 1. The molecule has 1 heterocycles. The molecule has 0 saturated carbocycles. The Labute approximate surface area is 170 Å². The van der Waals surface area contributed by atoms with E-state index in [0.717, 1.165) is 21.0 Å². The van der Waals surface area contributed by atoms with Crippen LogP contribution in [0.3, 0.4) is 0 Å². The van der Waals surface area contributed by atoms with Gasteiger partial charge in [0.15, 0.2) is 0 Å². The van der Waals surface area contributed by atoms with Crippen LogP contribution in [0, 0.1) is 11.3 Å². The summed E-state index contributed by atoms with van der Waals surface area (Å²) >= 11 is 0. The normalized spacial score (nSPS) is 21.9. The fourth-order valence-corrected chi connectivity index (χ4v) is 5.70. The molecular weight excluding hydrogens is 384 g/mol. The van der Waals surface area contributed by atoms with Crippen LogP contribution in [0.25, 0.3) is 11.1 Å². The van der Waals surface area contributed by atoms with E-state index in [0.29, 0.717) is 0 Å². The summed E-state index contributed by atoms with van der Waals surface area (Å²) in [6, 6.07) is 26.2. The van der Waals surface area contributed by atoms with Crippen molar-refractivity contribution in [3.05, 3.63) is 90.5 Å². The molecule has 1 aliphatic rings. The Hall–Kier alpha value is -2.98. The van der Waals surface area contributed by atoms with E-state index in [-0.39, 0.29) is 17.4 Å². The van der Waals surface area contributed by atoms with Crippen molar-refractivity contribution in [3.8, 4) is 17.2 Å². The predicted octanol–water partition coefficient (Wildman–Crippen LogP) is 3.39. The van der Waals surface area contributed by atoms with Gasteiger partial charge in [-0.25, -0.2) is 8.42 Å². The molecule has 0 aliphatic carbocycles. The monoisotopic (exact) mass is 404 g/mol. The topological polar surface area (TPSA) is 81.4 Å². The average molecular weight is 404 g/mol. The first-order valence-electron chi connectivity index (χ1n) is 9.32. The lowest BCUT2D eigenvalue weighted by molar-refractivity contribution is 0.0557. The van der Waals surface area contributed by atoms with Gasteiger partial charge in [0.25, 0.3) is 0 Å².